The first kappa shape index (κ1) is 23.0. The summed E-state index contributed by atoms with van der Waals surface area (Å²) >= 11 is 0. The molecule has 0 aliphatic rings. The molecule has 0 aliphatic heterocycles. The van der Waals surface area contributed by atoms with Crippen LogP contribution < -0.4 is 0 Å². The van der Waals surface area contributed by atoms with E-state index in [1.54, 1.807) is 5.92 Å². The molecule has 0 aromatic rings. The lowest BCUT2D eigenvalue weighted by atomic mass is 9.87. The summed E-state index contributed by atoms with van der Waals surface area (Å²) in [5.74, 6) is 2.58. The summed E-state index contributed by atoms with van der Waals surface area (Å²) in [7, 11) is 0. The minimum Gasteiger partial charge on any atom is -0.0654 e. The van der Waals surface area contributed by atoms with Crippen molar-refractivity contribution >= 4 is 0 Å². The Morgan fingerprint density at radius 1 is 0.565 bits per heavy atom. The molecule has 23 heavy (non-hydrogen) atoms. The lowest BCUT2D eigenvalue weighted by Crippen LogP contribution is -2.05. The highest BCUT2D eigenvalue weighted by Crippen LogP contribution is 2.24. The summed E-state index contributed by atoms with van der Waals surface area (Å²) in [5, 5.41) is 0. The predicted octanol–water partition coefficient (Wildman–Crippen LogP) is 8.89. The normalized spacial score (nSPS) is 12.9. The molecule has 0 aromatic heterocycles. The Morgan fingerprint density at radius 2 is 0.957 bits per heavy atom. The van der Waals surface area contributed by atoms with Gasteiger partial charge in [-0.2, -0.15) is 0 Å². The molecule has 0 aromatic carbocycles. The van der Waals surface area contributed by atoms with E-state index < -0.39 is 0 Å². The largest absolute Gasteiger partial charge is 0.0654 e. The molecular weight excluding hydrogens is 276 g/mol. The smallest absolute Gasteiger partial charge is 0.0244 e. The summed E-state index contributed by atoms with van der Waals surface area (Å²) < 4.78 is 0. The van der Waals surface area contributed by atoms with Crippen molar-refractivity contribution in [1.29, 1.82) is 0 Å². The zero-order valence-corrected chi connectivity index (χ0v) is 17.1. The van der Waals surface area contributed by atoms with Crippen molar-refractivity contribution in [2.75, 3.05) is 0 Å². The van der Waals surface area contributed by atoms with Gasteiger partial charge in [-0.25, -0.2) is 0 Å². The second-order valence-electron chi connectivity index (χ2n) is 7.88. The molecule has 1 unspecified atom stereocenters. The fourth-order valence-corrected chi connectivity index (χ4v) is 3.53. The molecule has 0 saturated heterocycles. The van der Waals surface area contributed by atoms with Crippen LogP contribution in [0.25, 0.3) is 0 Å². The van der Waals surface area contributed by atoms with Crippen molar-refractivity contribution in [3.63, 3.8) is 0 Å². The number of hydrogen-bond acceptors (Lipinski definition) is 0. The van der Waals surface area contributed by atoms with Gasteiger partial charge >= 0.3 is 0 Å². The Morgan fingerprint density at radius 3 is 1.35 bits per heavy atom. The van der Waals surface area contributed by atoms with Gasteiger partial charge in [-0.05, 0) is 18.3 Å². The van der Waals surface area contributed by atoms with Gasteiger partial charge in [0.25, 0.3) is 0 Å². The van der Waals surface area contributed by atoms with E-state index in [4.69, 9.17) is 0 Å². The van der Waals surface area contributed by atoms with Crippen molar-refractivity contribution in [3.05, 3.63) is 5.92 Å². The summed E-state index contributed by atoms with van der Waals surface area (Å²) in [4.78, 5) is 0. The van der Waals surface area contributed by atoms with E-state index in [-0.39, 0.29) is 0 Å². The predicted molar refractivity (Wildman–Crippen MR) is 108 cm³/mol. The minimum atomic E-state index is 0.854. The fraction of sp³-hybridized carbons (Fsp3) is 0.957. The topological polar surface area (TPSA) is 0 Å². The van der Waals surface area contributed by atoms with E-state index in [0.29, 0.717) is 0 Å². The van der Waals surface area contributed by atoms with Crippen LogP contribution in [0.4, 0.5) is 0 Å². The lowest BCUT2D eigenvalue weighted by molar-refractivity contribution is 0.470. The summed E-state index contributed by atoms with van der Waals surface area (Å²) in [6, 6.07) is 0. The third kappa shape index (κ3) is 16.6. The van der Waals surface area contributed by atoms with Gasteiger partial charge in [0.2, 0.25) is 0 Å². The Balaban J connectivity index is 3.13. The molecule has 0 rings (SSSR count). The molecule has 0 heterocycles. The zero-order valence-electron chi connectivity index (χ0n) is 17.1. The number of hydrogen-bond donors (Lipinski definition) is 0. The van der Waals surface area contributed by atoms with Crippen LogP contribution in [-0.4, -0.2) is 0 Å². The van der Waals surface area contributed by atoms with E-state index in [1.807, 2.05) is 0 Å². The Bertz CT molecular complexity index is 208. The Hall–Kier alpha value is 0. The standard InChI is InChI=1S/C23H47/c1-5-7-8-9-10-11-12-13-14-15-16-17-18-19-21-23(4)22(3)20-6-2/h23H,5-21H2,1-4H3. The summed E-state index contributed by atoms with van der Waals surface area (Å²) in [5.41, 5.74) is 0. The first-order valence-corrected chi connectivity index (χ1v) is 11.0. The van der Waals surface area contributed by atoms with E-state index in [2.05, 4.69) is 27.7 Å². The second kappa shape index (κ2) is 18.3. The maximum atomic E-state index is 2.42. The van der Waals surface area contributed by atoms with Crippen LogP contribution in [0.5, 0.6) is 0 Å². The van der Waals surface area contributed by atoms with Gasteiger partial charge in [0.1, 0.15) is 0 Å². The molecule has 1 radical (unpaired) electrons. The Labute approximate surface area is 149 Å². The van der Waals surface area contributed by atoms with Crippen molar-refractivity contribution in [1.82, 2.24) is 0 Å². The summed E-state index contributed by atoms with van der Waals surface area (Å²) in [6.45, 7) is 9.38. The lowest BCUT2D eigenvalue weighted by Gasteiger charge is -2.18. The van der Waals surface area contributed by atoms with Crippen LogP contribution in [0, 0.1) is 11.8 Å². The van der Waals surface area contributed by atoms with Crippen LogP contribution in [0.1, 0.15) is 137 Å². The highest BCUT2D eigenvalue weighted by molar-refractivity contribution is 4.88. The molecule has 0 N–H and O–H groups in total. The monoisotopic (exact) mass is 323 g/mol. The molecule has 0 aliphatic carbocycles. The van der Waals surface area contributed by atoms with Gasteiger partial charge in [0, 0.05) is 0 Å². The SMILES string of the molecule is CCCCCCCCCCCCCCCCC(C)[C](C)CCC. The van der Waals surface area contributed by atoms with Crippen LogP contribution in [0.2, 0.25) is 0 Å². The second-order valence-corrected chi connectivity index (χ2v) is 7.88. The van der Waals surface area contributed by atoms with Gasteiger partial charge in [-0.15, -0.1) is 0 Å². The molecule has 0 amide bonds. The molecular formula is C23H47. The van der Waals surface area contributed by atoms with Gasteiger partial charge in [-0.3, -0.25) is 0 Å². The van der Waals surface area contributed by atoms with E-state index in [9.17, 15) is 0 Å². The van der Waals surface area contributed by atoms with E-state index in [1.165, 1.54) is 109 Å². The minimum absolute atomic E-state index is 0.854. The molecule has 0 fully saturated rings. The molecule has 0 bridgehead atoms. The maximum Gasteiger partial charge on any atom is -0.0244 e. The zero-order chi connectivity index (χ0) is 17.2. The van der Waals surface area contributed by atoms with Crippen LogP contribution >= 0.6 is 0 Å². The third-order valence-electron chi connectivity index (χ3n) is 5.48. The molecule has 0 heteroatoms. The van der Waals surface area contributed by atoms with Crippen LogP contribution in [-0.2, 0) is 0 Å². The maximum absolute atomic E-state index is 2.42. The molecule has 0 saturated carbocycles. The van der Waals surface area contributed by atoms with Gasteiger partial charge in [0.15, 0.2) is 0 Å². The molecule has 1 atom stereocenters. The first-order chi connectivity index (χ1) is 11.2. The van der Waals surface area contributed by atoms with Gasteiger partial charge < -0.3 is 0 Å². The van der Waals surface area contributed by atoms with Crippen molar-refractivity contribution in [3.8, 4) is 0 Å². The van der Waals surface area contributed by atoms with E-state index in [0.717, 1.165) is 5.92 Å². The average molecular weight is 324 g/mol. The van der Waals surface area contributed by atoms with Crippen LogP contribution in [0.15, 0.2) is 0 Å². The highest BCUT2D eigenvalue weighted by atomic mass is 14.2. The number of unbranched alkanes of at least 4 members (excludes halogenated alkanes) is 13. The van der Waals surface area contributed by atoms with Gasteiger partial charge in [-0.1, -0.05) is 130 Å². The molecule has 0 nitrogen and oxygen atoms in total. The van der Waals surface area contributed by atoms with Crippen molar-refractivity contribution in [2.24, 2.45) is 5.92 Å². The average Bonchev–Trinajstić information content (AvgIpc) is 2.55. The summed E-state index contributed by atoms with van der Waals surface area (Å²) in [6.07, 6.45) is 24.5. The first-order valence-electron chi connectivity index (χ1n) is 11.0. The third-order valence-corrected chi connectivity index (χ3v) is 5.48. The fourth-order valence-electron chi connectivity index (χ4n) is 3.53. The molecule has 0 spiro atoms. The van der Waals surface area contributed by atoms with E-state index >= 15 is 0 Å². The van der Waals surface area contributed by atoms with Gasteiger partial charge in [0.05, 0.1) is 0 Å². The molecule has 139 valence electrons. The van der Waals surface area contributed by atoms with Crippen molar-refractivity contribution < 1.29 is 0 Å². The van der Waals surface area contributed by atoms with Crippen molar-refractivity contribution in [2.45, 2.75) is 137 Å². The Kier molecular flexibility index (Phi) is 18.3. The quantitative estimate of drug-likeness (QED) is 0.221. The van der Waals surface area contributed by atoms with Crippen LogP contribution in [0.3, 0.4) is 0 Å². The highest BCUT2D eigenvalue weighted by Gasteiger charge is 2.10. The number of rotatable bonds is 18.